The SMILES string of the molecule is Cc1ccc(Oc2coc3cc(OC(=O)c4ccccc4C)ccc3c2=O)cc1. The van der Waals surface area contributed by atoms with Crippen molar-refractivity contribution < 1.29 is 18.7 Å². The van der Waals surface area contributed by atoms with Crippen LogP contribution >= 0.6 is 0 Å². The molecule has 0 aliphatic rings. The second-order valence-electron chi connectivity index (χ2n) is 6.71. The van der Waals surface area contributed by atoms with Crippen LogP contribution in [0.25, 0.3) is 11.0 Å². The van der Waals surface area contributed by atoms with Crippen LogP contribution in [0.1, 0.15) is 21.5 Å². The largest absolute Gasteiger partial charge is 0.460 e. The molecule has 29 heavy (non-hydrogen) atoms. The smallest absolute Gasteiger partial charge is 0.343 e. The minimum absolute atomic E-state index is 0.0889. The van der Waals surface area contributed by atoms with Crippen molar-refractivity contribution in [3.63, 3.8) is 0 Å². The van der Waals surface area contributed by atoms with Gasteiger partial charge in [-0.15, -0.1) is 0 Å². The normalized spacial score (nSPS) is 10.7. The summed E-state index contributed by atoms with van der Waals surface area (Å²) in [6.45, 7) is 3.81. The molecule has 0 spiro atoms. The second kappa shape index (κ2) is 7.64. The Morgan fingerprint density at radius 1 is 0.897 bits per heavy atom. The van der Waals surface area contributed by atoms with Crippen molar-refractivity contribution in [1.82, 2.24) is 0 Å². The van der Waals surface area contributed by atoms with Crippen molar-refractivity contribution in [2.24, 2.45) is 0 Å². The van der Waals surface area contributed by atoms with Crippen LogP contribution in [0.15, 0.2) is 82.2 Å². The average molecular weight is 386 g/mol. The zero-order valence-corrected chi connectivity index (χ0v) is 16.0. The van der Waals surface area contributed by atoms with E-state index in [0.29, 0.717) is 28.0 Å². The predicted octanol–water partition coefficient (Wildman–Crippen LogP) is 5.42. The van der Waals surface area contributed by atoms with Gasteiger partial charge < -0.3 is 13.9 Å². The number of hydrogen-bond donors (Lipinski definition) is 0. The molecule has 1 heterocycles. The molecule has 4 rings (SSSR count). The van der Waals surface area contributed by atoms with Crippen molar-refractivity contribution in [1.29, 1.82) is 0 Å². The number of aryl methyl sites for hydroxylation is 2. The van der Waals surface area contributed by atoms with Gasteiger partial charge in [0.05, 0.1) is 10.9 Å². The quantitative estimate of drug-likeness (QED) is 0.346. The predicted molar refractivity (Wildman–Crippen MR) is 110 cm³/mol. The molecule has 0 saturated carbocycles. The van der Waals surface area contributed by atoms with Crippen LogP contribution in [0.2, 0.25) is 0 Å². The highest BCUT2D eigenvalue weighted by Crippen LogP contribution is 2.25. The van der Waals surface area contributed by atoms with Gasteiger partial charge in [-0.05, 0) is 49.7 Å². The first-order valence-electron chi connectivity index (χ1n) is 9.09. The number of hydrogen-bond acceptors (Lipinski definition) is 5. The molecule has 0 amide bonds. The Balaban J connectivity index is 1.60. The highest BCUT2D eigenvalue weighted by Gasteiger charge is 2.14. The number of ether oxygens (including phenoxy) is 2. The lowest BCUT2D eigenvalue weighted by Gasteiger charge is -2.08. The fourth-order valence-corrected chi connectivity index (χ4v) is 2.92. The molecular formula is C24H18O5. The summed E-state index contributed by atoms with van der Waals surface area (Å²) in [5, 5.41) is 0.338. The van der Waals surface area contributed by atoms with Gasteiger partial charge in [0.25, 0.3) is 0 Å². The van der Waals surface area contributed by atoms with Crippen molar-refractivity contribution >= 4 is 16.9 Å². The summed E-state index contributed by atoms with van der Waals surface area (Å²) in [6, 6.07) is 19.2. The molecule has 1 aromatic heterocycles. The monoisotopic (exact) mass is 386 g/mol. The Bertz CT molecular complexity index is 1250. The molecule has 0 aliphatic heterocycles. The average Bonchev–Trinajstić information content (AvgIpc) is 2.72. The van der Waals surface area contributed by atoms with Gasteiger partial charge in [0, 0.05) is 6.07 Å². The minimum atomic E-state index is -0.468. The molecule has 0 bridgehead atoms. The molecule has 0 fully saturated rings. The van der Waals surface area contributed by atoms with E-state index >= 15 is 0 Å². The van der Waals surface area contributed by atoms with Gasteiger partial charge in [-0.3, -0.25) is 4.79 Å². The first-order valence-corrected chi connectivity index (χ1v) is 9.09. The molecule has 0 aliphatic carbocycles. The summed E-state index contributed by atoms with van der Waals surface area (Å²) in [5.74, 6) is 0.460. The van der Waals surface area contributed by atoms with Crippen LogP contribution in [-0.4, -0.2) is 5.97 Å². The van der Waals surface area contributed by atoms with E-state index in [1.165, 1.54) is 12.3 Å². The molecule has 0 N–H and O–H groups in total. The highest BCUT2D eigenvalue weighted by molar-refractivity contribution is 5.93. The number of rotatable bonds is 4. The van der Waals surface area contributed by atoms with Gasteiger partial charge in [-0.1, -0.05) is 35.9 Å². The summed E-state index contributed by atoms with van der Waals surface area (Å²) in [4.78, 5) is 25.1. The third-order valence-electron chi connectivity index (χ3n) is 4.54. The number of benzene rings is 3. The fourth-order valence-electron chi connectivity index (χ4n) is 2.92. The number of esters is 1. The molecule has 4 aromatic rings. The van der Waals surface area contributed by atoms with Gasteiger partial charge in [0.1, 0.15) is 23.3 Å². The zero-order chi connectivity index (χ0) is 20.4. The second-order valence-corrected chi connectivity index (χ2v) is 6.71. The minimum Gasteiger partial charge on any atom is -0.460 e. The van der Waals surface area contributed by atoms with E-state index in [9.17, 15) is 9.59 Å². The maximum atomic E-state index is 12.7. The first kappa shape index (κ1) is 18.5. The number of fused-ring (bicyclic) bond motifs is 1. The van der Waals surface area contributed by atoms with Crippen molar-refractivity contribution in [3.05, 3.63) is 99.9 Å². The molecule has 0 atom stereocenters. The Morgan fingerprint density at radius 2 is 1.62 bits per heavy atom. The summed E-state index contributed by atoms with van der Waals surface area (Å²) >= 11 is 0. The molecule has 5 nitrogen and oxygen atoms in total. The van der Waals surface area contributed by atoms with Crippen LogP contribution in [0.4, 0.5) is 0 Å². The van der Waals surface area contributed by atoms with Gasteiger partial charge in [-0.2, -0.15) is 0 Å². The lowest BCUT2D eigenvalue weighted by atomic mass is 10.1. The summed E-state index contributed by atoms with van der Waals surface area (Å²) in [5.41, 5.74) is 2.40. The van der Waals surface area contributed by atoms with E-state index in [0.717, 1.165) is 11.1 Å². The third-order valence-corrected chi connectivity index (χ3v) is 4.54. The third kappa shape index (κ3) is 3.89. The molecule has 0 radical (unpaired) electrons. The van der Waals surface area contributed by atoms with Crippen molar-refractivity contribution in [2.45, 2.75) is 13.8 Å². The van der Waals surface area contributed by atoms with Gasteiger partial charge in [0.15, 0.2) is 0 Å². The van der Waals surface area contributed by atoms with Crippen molar-refractivity contribution in [3.8, 4) is 17.2 Å². The Hall–Kier alpha value is -3.86. The molecule has 144 valence electrons. The van der Waals surface area contributed by atoms with Gasteiger partial charge in [0.2, 0.25) is 11.2 Å². The number of carbonyl (C=O) groups excluding carboxylic acids is 1. The number of carbonyl (C=O) groups is 1. The Kier molecular flexibility index (Phi) is 4.87. The van der Waals surface area contributed by atoms with Gasteiger partial charge >= 0.3 is 5.97 Å². The van der Waals surface area contributed by atoms with E-state index in [-0.39, 0.29) is 11.2 Å². The maximum absolute atomic E-state index is 12.7. The molecular weight excluding hydrogens is 368 g/mol. The van der Waals surface area contributed by atoms with E-state index in [1.807, 2.05) is 38.1 Å². The van der Waals surface area contributed by atoms with Crippen LogP contribution in [0.5, 0.6) is 17.2 Å². The van der Waals surface area contributed by atoms with Crippen LogP contribution in [0.3, 0.4) is 0 Å². The summed E-state index contributed by atoms with van der Waals surface area (Å²) in [7, 11) is 0. The maximum Gasteiger partial charge on any atom is 0.343 e. The lowest BCUT2D eigenvalue weighted by Crippen LogP contribution is -2.10. The lowest BCUT2D eigenvalue weighted by molar-refractivity contribution is 0.0734. The zero-order valence-electron chi connectivity index (χ0n) is 16.0. The van der Waals surface area contributed by atoms with E-state index in [4.69, 9.17) is 13.9 Å². The fraction of sp³-hybridized carbons (Fsp3) is 0.0833. The standard InChI is InChI=1S/C24H18O5/c1-15-7-9-17(10-8-15)28-22-14-27-21-13-18(11-12-20(21)23(22)25)29-24(26)19-6-4-3-5-16(19)2/h3-14H,1-2H3. The van der Waals surface area contributed by atoms with E-state index < -0.39 is 5.97 Å². The van der Waals surface area contributed by atoms with Crippen LogP contribution in [-0.2, 0) is 0 Å². The molecule has 3 aromatic carbocycles. The highest BCUT2D eigenvalue weighted by atomic mass is 16.5. The van der Waals surface area contributed by atoms with Crippen molar-refractivity contribution in [2.75, 3.05) is 0 Å². The Labute approximate surface area is 167 Å². The molecule has 5 heteroatoms. The van der Waals surface area contributed by atoms with Crippen LogP contribution in [0, 0.1) is 13.8 Å². The van der Waals surface area contributed by atoms with E-state index in [1.54, 1.807) is 36.4 Å². The Morgan fingerprint density at radius 3 is 2.38 bits per heavy atom. The molecule has 0 unspecified atom stereocenters. The summed E-state index contributed by atoms with van der Waals surface area (Å²) in [6.07, 6.45) is 1.26. The summed E-state index contributed by atoms with van der Waals surface area (Å²) < 4.78 is 16.6. The molecule has 0 saturated heterocycles. The van der Waals surface area contributed by atoms with Gasteiger partial charge in [-0.25, -0.2) is 4.79 Å². The first-order chi connectivity index (χ1) is 14.0. The van der Waals surface area contributed by atoms with E-state index in [2.05, 4.69) is 0 Å². The van der Waals surface area contributed by atoms with Crippen LogP contribution < -0.4 is 14.9 Å². The topological polar surface area (TPSA) is 65.7 Å².